The zero-order valence-corrected chi connectivity index (χ0v) is 13.5. The van der Waals surface area contributed by atoms with Gasteiger partial charge in [0.1, 0.15) is 11.1 Å². The molecule has 6 heteroatoms. The zero-order valence-electron chi connectivity index (χ0n) is 11.9. The van der Waals surface area contributed by atoms with Gasteiger partial charge in [0.2, 0.25) is 0 Å². The van der Waals surface area contributed by atoms with Gasteiger partial charge in [-0.05, 0) is 37.2 Å². The van der Waals surface area contributed by atoms with E-state index in [0.29, 0.717) is 11.0 Å². The molecule has 2 unspecified atom stereocenters. The molecule has 0 aromatic rings. The molecule has 3 fully saturated rings. The Bertz CT molecular complexity index is 356. The van der Waals surface area contributed by atoms with Gasteiger partial charge in [-0.1, -0.05) is 12.2 Å². The monoisotopic (exact) mass is 316 g/mol. The average Bonchev–Trinajstić information content (AvgIpc) is 2.48. The summed E-state index contributed by atoms with van der Waals surface area (Å²) in [5.41, 5.74) is 5.89. The normalized spacial score (nSPS) is 35.0. The Labute approximate surface area is 130 Å². The van der Waals surface area contributed by atoms with Gasteiger partial charge >= 0.3 is 0 Å². The van der Waals surface area contributed by atoms with Crippen molar-refractivity contribution in [3.05, 3.63) is 0 Å². The van der Waals surface area contributed by atoms with Crippen molar-refractivity contribution >= 4 is 29.0 Å². The van der Waals surface area contributed by atoms with E-state index in [-0.39, 0.29) is 11.7 Å². The van der Waals surface area contributed by atoms with Crippen molar-refractivity contribution in [2.45, 2.75) is 43.4 Å². The highest BCUT2D eigenvalue weighted by molar-refractivity contribution is 7.99. The van der Waals surface area contributed by atoms with E-state index in [2.05, 4.69) is 16.7 Å². The molecule has 3 aliphatic heterocycles. The fourth-order valence-corrected chi connectivity index (χ4v) is 4.96. The molecule has 0 amide bonds. The average molecular weight is 316 g/mol. The first-order valence-electron chi connectivity index (χ1n) is 7.55. The Morgan fingerprint density at radius 3 is 2.85 bits per heavy atom. The lowest BCUT2D eigenvalue weighted by Crippen LogP contribution is -2.56. The predicted octanol–water partition coefficient (Wildman–Crippen LogP) is 1.42. The van der Waals surface area contributed by atoms with E-state index >= 15 is 0 Å². The van der Waals surface area contributed by atoms with Gasteiger partial charge in [0.05, 0.1) is 12.2 Å². The first-order valence-corrected chi connectivity index (χ1v) is 9.12. The van der Waals surface area contributed by atoms with Crippen molar-refractivity contribution in [2.75, 3.05) is 37.8 Å². The maximum absolute atomic E-state index is 6.18. The van der Waals surface area contributed by atoms with Crippen LogP contribution in [0, 0.1) is 0 Å². The van der Waals surface area contributed by atoms with Crippen LogP contribution in [0.1, 0.15) is 25.7 Å². The number of thioether (sulfide) groups is 1. The summed E-state index contributed by atoms with van der Waals surface area (Å²) in [5.74, 6) is 2.48. The third-order valence-electron chi connectivity index (χ3n) is 4.80. The van der Waals surface area contributed by atoms with Crippen molar-refractivity contribution in [2.24, 2.45) is 5.73 Å². The minimum absolute atomic E-state index is 0.0699. The van der Waals surface area contributed by atoms with Gasteiger partial charge < -0.3 is 15.2 Å². The molecule has 0 saturated carbocycles. The lowest BCUT2D eigenvalue weighted by Gasteiger charge is -2.48. The maximum atomic E-state index is 6.18. The minimum atomic E-state index is -0.0699. The summed E-state index contributed by atoms with van der Waals surface area (Å²) in [5, 5.41) is 0. The van der Waals surface area contributed by atoms with Crippen LogP contribution in [-0.2, 0) is 9.47 Å². The number of morpholine rings is 1. The number of nitrogens with two attached hydrogens (primary N) is 1. The van der Waals surface area contributed by atoms with E-state index in [1.54, 1.807) is 0 Å². The van der Waals surface area contributed by atoms with Crippen LogP contribution in [0.4, 0.5) is 0 Å². The third-order valence-corrected chi connectivity index (χ3v) is 6.05. The fourth-order valence-electron chi connectivity index (χ4n) is 3.58. The van der Waals surface area contributed by atoms with Crippen LogP contribution < -0.4 is 5.73 Å². The summed E-state index contributed by atoms with van der Waals surface area (Å²) in [7, 11) is 0. The first-order chi connectivity index (χ1) is 9.69. The Kier molecular flexibility index (Phi) is 4.87. The number of thiocarbonyl (C=S) groups is 1. The second-order valence-corrected chi connectivity index (χ2v) is 7.74. The van der Waals surface area contributed by atoms with Gasteiger partial charge in [-0.25, -0.2) is 0 Å². The molecule has 0 radical (unpaired) electrons. The number of rotatable bonds is 2. The molecule has 3 heterocycles. The topological polar surface area (TPSA) is 47.7 Å². The Hall–Kier alpha value is 0.120. The van der Waals surface area contributed by atoms with Crippen molar-refractivity contribution in [1.82, 2.24) is 4.90 Å². The standard InChI is InChI=1S/C14H24N2O2S2/c15-13(19)12-10-16(4-6-17-12)11-1-5-18-14(9-11)2-7-20-8-3-14/h11-12H,1-10H2,(H2,15,19). The van der Waals surface area contributed by atoms with Crippen LogP contribution >= 0.6 is 24.0 Å². The summed E-state index contributed by atoms with van der Waals surface area (Å²) in [6, 6.07) is 0.604. The molecule has 3 aliphatic rings. The van der Waals surface area contributed by atoms with Gasteiger partial charge in [-0.15, -0.1) is 0 Å². The van der Waals surface area contributed by atoms with E-state index < -0.39 is 0 Å². The second kappa shape index (κ2) is 6.48. The molecule has 4 nitrogen and oxygen atoms in total. The second-order valence-electron chi connectivity index (χ2n) is 6.05. The molecular formula is C14H24N2O2S2. The lowest BCUT2D eigenvalue weighted by molar-refractivity contribution is -0.122. The van der Waals surface area contributed by atoms with Gasteiger partial charge in [-0.3, -0.25) is 4.90 Å². The van der Waals surface area contributed by atoms with Crippen molar-refractivity contribution in [3.63, 3.8) is 0 Å². The molecule has 0 aromatic carbocycles. The van der Waals surface area contributed by atoms with E-state index in [4.69, 9.17) is 27.4 Å². The first kappa shape index (κ1) is 15.0. The minimum Gasteiger partial charge on any atom is -0.391 e. The summed E-state index contributed by atoms with van der Waals surface area (Å²) in [4.78, 5) is 3.02. The quantitative estimate of drug-likeness (QED) is 0.778. The molecule has 3 rings (SSSR count). The Balaban J connectivity index is 1.62. The van der Waals surface area contributed by atoms with Crippen LogP contribution in [0.15, 0.2) is 0 Å². The van der Waals surface area contributed by atoms with Gasteiger partial charge in [0.15, 0.2) is 0 Å². The molecule has 2 N–H and O–H groups in total. The molecule has 2 atom stereocenters. The van der Waals surface area contributed by atoms with Crippen LogP contribution in [-0.4, -0.2) is 65.4 Å². The lowest BCUT2D eigenvalue weighted by atomic mass is 9.84. The highest BCUT2D eigenvalue weighted by Gasteiger charge is 2.41. The maximum Gasteiger partial charge on any atom is 0.120 e. The van der Waals surface area contributed by atoms with E-state index in [9.17, 15) is 0 Å². The van der Waals surface area contributed by atoms with Gasteiger partial charge in [0.25, 0.3) is 0 Å². The molecule has 3 saturated heterocycles. The zero-order chi connectivity index (χ0) is 14.0. The van der Waals surface area contributed by atoms with Crippen molar-refractivity contribution < 1.29 is 9.47 Å². The van der Waals surface area contributed by atoms with E-state index in [1.807, 2.05) is 0 Å². The SMILES string of the molecule is NC(=S)C1CN(C2CCOC3(CCSCC3)C2)CCO1. The van der Waals surface area contributed by atoms with Crippen LogP contribution in [0.2, 0.25) is 0 Å². The van der Waals surface area contributed by atoms with Crippen LogP contribution in [0.5, 0.6) is 0 Å². The third kappa shape index (κ3) is 3.30. The van der Waals surface area contributed by atoms with Gasteiger partial charge in [0, 0.05) is 25.7 Å². The molecule has 0 aliphatic carbocycles. The number of ether oxygens (including phenoxy) is 2. The smallest absolute Gasteiger partial charge is 0.120 e. The predicted molar refractivity (Wildman–Crippen MR) is 86.4 cm³/mol. The fraction of sp³-hybridized carbons (Fsp3) is 0.929. The molecule has 20 heavy (non-hydrogen) atoms. The molecule has 0 bridgehead atoms. The van der Waals surface area contributed by atoms with E-state index in [0.717, 1.165) is 39.1 Å². The summed E-state index contributed by atoms with van der Waals surface area (Å²) >= 11 is 7.14. The summed E-state index contributed by atoms with van der Waals surface area (Å²) in [6.45, 7) is 3.48. The number of hydrogen-bond acceptors (Lipinski definition) is 5. The molecule has 0 aromatic heterocycles. The summed E-state index contributed by atoms with van der Waals surface area (Å²) in [6.07, 6.45) is 4.63. The molecule has 1 spiro atoms. The number of nitrogens with zero attached hydrogens (tertiary/aromatic N) is 1. The number of hydrogen-bond donors (Lipinski definition) is 1. The Morgan fingerprint density at radius 2 is 2.10 bits per heavy atom. The van der Waals surface area contributed by atoms with Crippen molar-refractivity contribution in [3.8, 4) is 0 Å². The van der Waals surface area contributed by atoms with Crippen molar-refractivity contribution in [1.29, 1.82) is 0 Å². The molecular weight excluding hydrogens is 292 g/mol. The van der Waals surface area contributed by atoms with Crippen LogP contribution in [0.3, 0.4) is 0 Å². The van der Waals surface area contributed by atoms with Crippen LogP contribution in [0.25, 0.3) is 0 Å². The summed E-state index contributed by atoms with van der Waals surface area (Å²) < 4.78 is 11.8. The Morgan fingerprint density at radius 1 is 1.30 bits per heavy atom. The highest BCUT2D eigenvalue weighted by atomic mass is 32.2. The highest BCUT2D eigenvalue weighted by Crippen LogP contribution is 2.39. The van der Waals surface area contributed by atoms with Gasteiger partial charge in [-0.2, -0.15) is 11.8 Å². The van der Waals surface area contributed by atoms with E-state index in [1.165, 1.54) is 24.3 Å². The molecule has 114 valence electrons. The largest absolute Gasteiger partial charge is 0.391 e.